The van der Waals surface area contributed by atoms with E-state index in [0.29, 0.717) is 23.3 Å². The van der Waals surface area contributed by atoms with Crippen molar-refractivity contribution in [1.82, 2.24) is 30.0 Å². The maximum atomic E-state index is 12.7. The Morgan fingerprint density at radius 1 is 1.29 bits per heavy atom. The van der Waals surface area contributed by atoms with E-state index in [0.717, 1.165) is 50.0 Å². The minimum absolute atomic E-state index is 0.0457. The topological polar surface area (TPSA) is 97.9 Å². The van der Waals surface area contributed by atoms with Crippen LogP contribution in [0.25, 0.3) is 11.5 Å². The van der Waals surface area contributed by atoms with Gasteiger partial charge in [0.1, 0.15) is 5.69 Å². The SMILES string of the molecule is Cc1cnc(C(=O)N2CCCC(CCc3noc(-c4cccnc4)n3)C2)cn1. The van der Waals surface area contributed by atoms with Crippen molar-refractivity contribution in [2.45, 2.75) is 32.6 Å². The van der Waals surface area contributed by atoms with Gasteiger partial charge in [-0.2, -0.15) is 4.98 Å². The van der Waals surface area contributed by atoms with Gasteiger partial charge in [0.05, 0.1) is 17.5 Å². The molecule has 0 aromatic carbocycles. The lowest BCUT2D eigenvalue weighted by molar-refractivity contribution is 0.0661. The summed E-state index contributed by atoms with van der Waals surface area (Å²) in [6, 6.07) is 3.73. The van der Waals surface area contributed by atoms with Gasteiger partial charge in [-0.15, -0.1) is 0 Å². The van der Waals surface area contributed by atoms with Crippen LogP contribution in [0.1, 0.15) is 41.3 Å². The molecule has 1 aliphatic rings. The van der Waals surface area contributed by atoms with Gasteiger partial charge in [-0.05, 0) is 44.2 Å². The van der Waals surface area contributed by atoms with Gasteiger partial charge < -0.3 is 9.42 Å². The van der Waals surface area contributed by atoms with Crippen molar-refractivity contribution in [3.05, 3.63) is 54.1 Å². The summed E-state index contributed by atoms with van der Waals surface area (Å²) in [7, 11) is 0. The van der Waals surface area contributed by atoms with E-state index in [1.165, 1.54) is 0 Å². The predicted molar refractivity (Wildman–Crippen MR) is 101 cm³/mol. The molecule has 1 aliphatic heterocycles. The van der Waals surface area contributed by atoms with Gasteiger partial charge in [0, 0.05) is 38.1 Å². The normalized spacial score (nSPS) is 16.9. The molecule has 3 aromatic rings. The van der Waals surface area contributed by atoms with Crippen molar-refractivity contribution >= 4 is 5.91 Å². The molecule has 8 heteroatoms. The minimum Gasteiger partial charge on any atom is -0.337 e. The molecule has 1 saturated heterocycles. The van der Waals surface area contributed by atoms with Crippen molar-refractivity contribution in [2.75, 3.05) is 13.1 Å². The lowest BCUT2D eigenvalue weighted by atomic mass is 9.93. The molecule has 4 heterocycles. The molecule has 1 atom stereocenters. The first kappa shape index (κ1) is 18.2. The number of hydrogen-bond acceptors (Lipinski definition) is 7. The van der Waals surface area contributed by atoms with E-state index in [1.807, 2.05) is 24.0 Å². The maximum Gasteiger partial charge on any atom is 0.274 e. The lowest BCUT2D eigenvalue weighted by Gasteiger charge is -2.32. The van der Waals surface area contributed by atoms with Crippen LogP contribution in [0.4, 0.5) is 0 Å². The second-order valence-electron chi connectivity index (χ2n) is 7.10. The van der Waals surface area contributed by atoms with Gasteiger partial charge in [-0.25, -0.2) is 4.98 Å². The van der Waals surface area contributed by atoms with Crippen LogP contribution in [-0.2, 0) is 6.42 Å². The van der Waals surface area contributed by atoms with Gasteiger partial charge in [-0.1, -0.05) is 5.16 Å². The van der Waals surface area contributed by atoms with E-state index >= 15 is 0 Å². The first-order valence-corrected chi connectivity index (χ1v) is 9.50. The molecular formula is C20H22N6O2. The highest BCUT2D eigenvalue weighted by molar-refractivity contribution is 5.92. The van der Waals surface area contributed by atoms with Gasteiger partial charge in [0.15, 0.2) is 5.82 Å². The molecule has 1 unspecified atom stereocenters. The molecule has 28 heavy (non-hydrogen) atoms. The highest BCUT2D eigenvalue weighted by atomic mass is 16.5. The number of amides is 1. The number of pyridine rings is 1. The molecule has 1 fully saturated rings. The maximum absolute atomic E-state index is 12.7. The molecule has 8 nitrogen and oxygen atoms in total. The van der Waals surface area contributed by atoms with E-state index in [9.17, 15) is 4.79 Å². The van der Waals surface area contributed by atoms with Crippen LogP contribution in [0.15, 0.2) is 41.4 Å². The summed E-state index contributed by atoms with van der Waals surface area (Å²) in [5, 5.41) is 4.07. The monoisotopic (exact) mass is 378 g/mol. The number of aromatic nitrogens is 5. The number of piperidine rings is 1. The van der Waals surface area contributed by atoms with E-state index in [-0.39, 0.29) is 5.91 Å². The van der Waals surface area contributed by atoms with Gasteiger partial charge in [0.2, 0.25) is 0 Å². The number of aryl methyl sites for hydroxylation is 2. The average Bonchev–Trinajstić information content (AvgIpc) is 3.22. The van der Waals surface area contributed by atoms with Crippen molar-refractivity contribution in [3.8, 4) is 11.5 Å². The number of hydrogen-bond donors (Lipinski definition) is 0. The Morgan fingerprint density at radius 2 is 2.21 bits per heavy atom. The van der Waals surface area contributed by atoms with Crippen LogP contribution in [0, 0.1) is 12.8 Å². The molecule has 1 amide bonds. The zero-order valence-corrected chi connectivity index (χ0v) is 15.8. The molecular weight excluding hydrogens is 356 g/mol. The van der Waals surface area contributed by atoms with Crippen LogP contribution < -0.4 is 0 Å². The third kappa shape index (κ3) is 4.21. The van der Waals surface area contributed by atoms with Crippen LogP contribution in [0.3, 0.4) is 0 Å². The van der Waals surface area contributed by atoms with Crippen molar-refractivity contribution in [3.63, 3.8) is 0 Å². The molecule has 0 radical (unpaired) electrons. The number of rotatable bonds is 5. The Labute approximate surface area is 163 Å². The minimum atomic E-state index is -0.0457. The molecule has 4 rings (SSSR count). The Balaban J connectivity index is 1.33. The third-order valence-electron chi connectivity index (χ3n) is 4.96. The lowest BCUT2D eigenvalue weighted by Crippen LogP contribution is -2.40. The van der Waals surface area contributed by atoms with Gasteiger partial charge in [0.25, 0.3) is 11.8 Å². The zero-order chi connectivity index (χ0) is 19.3. The van der Waals surface area contributed by atoms with E-state index < -0.39 is 0 Å². The quantitative estimate of drug-likeness (QED) is 0.673. The first-order chi connectivity index (χ1) is 13.7. The summed E-state index contributed by atoms with van der Waals surface area (Å²) >= 11 is 0. The second kappa shape index (κ2) is 8.24. The zero-order valence-electron chi connectivity index (χ0n) is 15.8. The molecule has 0 bridgehead atoms. The molecule has 0 N–H and O–H groups in total. The largest absolute Gasteiger partial charge is 0.337 e. The van der Waals surface area contributed by atoms with E-state index in [4.69, 9.17) is 4.52 Å². The van der Waals surface area contributed by atoms with Gasteiger partial charge in [-0.3, -0.25) is 14.8 Å². The number of carbonyl (C=O) groups is 1. The summed E-state index contributed by atoms with van der Waals surface area (Å²) in [6.07, 6.45) is 10.3. The average molecular weight is 378 g/mol. The van der Waals surface area contributed by atoms with Gasteiger partial charge >= 0.3 is 0 Å². The van der Waals surface area contributed by atoms with Crippen molar-refractivity contribution in [2.24, 2.45) is 5.92 Å². The highest BCUT2D eigenvalue weighted by Crippen LogP contribution is 2.23. The first-order valence-electron chi connectivity index (χ1n) is 9.50. The van der Waals surface area contributed by atoms with E-state index in [1.54, 1.807) is 24.8 Å². The molecule has 0 saturated carbocycles. The standard InChI is InChI=1S/C20H22N6O2/c1-14-10-23-17(12-22-14)20(27)26-9-3-4-15(13-26)6-7-18-24-19(28-25-18)16-5-2-8-21-11-16/h2,5,8,10-12,15H,3-4,6-7,9,13H2,1H3. The molecule has 0 aliphatic carbocycles. The number of carbonyl (C=O) groups excluding carboxylic acids is 1. The fourth-order valence-corrected chi connectivity index (χ4v) is 3.45. The van der Waals surface area contributed by atoms with Crippen molar-refractivity contribution in [1.29, 1.82) is 0 Å². The summed E-state index contributed by atoms with van der Waals surface area (Å²) in [4.78, 5) is 31.5. The molecule has 144 valence electrons. The molecule has 3 aromatic heterocycles. The second-order valence-corrected chi connectivity index (χ2v) is 7.10. The van der Waals surface area contributed by atoms with Crippen LogP contribution in [0.5, 0.6) is 0 Å². The van der Waals surface area contributed by atoms with Crippen LogP contribution in [0.2, 0.25) is 0 Å². The Morgan fingerprint density at radius 3 is 3.00 bits per heavy atom. The molecule has 0 spiro atoms. The summed E-state index contributed by atoms with van der Waals surface area (Å²) < 4.78 is 5.34. The Kier molecular flexibility index (Phi) is 5.36. The summed E-state index contributed by atoms with van der Waals surface area (Å²) in [6.45, 7) is 3.34. The Hall–Kier alpha value is -3.16. The predicted octanol–water partition coefficient (Wildman–Crippen LogP) is 2.72. The number of nitrogens with zero attached hydrogens (tertiary/aromatic N) is 6. The Bertz CT molecular complexity index is 925. The van der Waals surface area contributed by atoms with Crippen LogP contribution in [-0.4, -0.2) is 49.0 Å². The summed E-state index contributed by atoms with van der Waals surface area (Å²) in [5.74, 6) is 1.54. The summed E-state index contributed by atoms with van der Waals surface area (Å²) in [5.41, 5.74) is 2.03. The van der Waals surface area contributed by atoms with Crippen molar-refractivity contribution < 1.29 is 9.32 Å². The third-order valence-corrected chi connectivity index (χ3v) is 4.96. The number of likely N-dealkylation sites (tertiary alicyclic amines) is 1. The fraction of sp³-hybridized carbons (Fsp3) is 0.400. The fourth-order valence-electron chi connectivity index (χ4n) is 3.45. The van der Waals surface area contributed by atoms with Crippen LogP contribution >= 0.6 is 0 Å². The smallest absolute Gasteiger partial charge is 0.274 e. The van der Waals surface area contributed by atoms with E-state index in [2.05, 4.69) is 25.1 Å². The highest BCUT2D eigenvalue weighted by Gasteiger charge is 2.25.